The van der Waals surface area contributed by atoms with E-state index in [2.05, 4.69) is 0 Å². The summed E-state index contributed by atoms with van der Waals surface area (Å²) in [5.41, 5.74) is 5.20. The quantitative estimate of drug-likeness (QED) is 0.638. The van der Waals surface area contributed by atoms with Gasteiger partial charge in [-0.1, -0.05) is 19.1 Å². The highest BCUT2D eigenvalue weighted by Crippen LogP contribution is 2.36. The van der Waals surface area contributed by atoms with Crippen molar-refractivity contribution in [2.24, 2.45) is 5.73 Å². The second-order valence-electron chi connectivity index (χ2n) is 8.23. The Morgan fingerprint density at radius 1 is 1.19 bits per heavy atom. The van der Waals surface area contributed by atoms with Crippen molar-refractivity contribution in [2.45, 2.75) is 50.4 Å². The van der Waals surface area contributed by atoms with Crippen molar-refractivity contribution < 1.29 is 23.0 Å². The maximum absolute atomic E-state index is 13.2. The molecule has 0 saturated carbocycles. The van der Waals surface area contributed by atoms with Gasteiger partial charge in [-0.25, -0.2) is 0 Å². The van der Waals surface area contributed by atoms with Gasteiger partial charge in [0.2, 0.25) is 0 Å². The number of alkyl halides is 3. The van der Waals surface area contributed by atoms with Gasteiger partial charge in [-0.15, -0.1) is 0 Å². The number of benzene rings is 2. The first kappa shape index (κ1) is 23.9. The van der Waals surface area contributed by atoms with Crippen molar-refractivity contribution in [1.29, 1.82) is 5.26 Å². The van der Waals surface area contributed by atoms with E-state index in [0.29, 0.717) is 50.4 Å². The van der Waals surface area contributed by atoms with Crippen molar-refractivity contribution in [3.05, 3.63) is 59.2 Å². The normalized spacial score (nSPS) is 17.0. The van der Waals surface area contributed by atoms with Crippen LogP contribution in [0.25, 0.3) is 0 Å². The Hall–Kier alpha value is -2.76. The fourth-order valence-electron chi connectivity index (χ4n) is 3.90. The number of hydrogen-bond donors (Lipinski definition) is 2. The highest BCUT2D eigenvalue weighted by Gasteiger charge is 2.36. The molecule has 2 aromatic rings. The molecule has 3 N–H and O–H groups in total. The van der Waals surface area contributed by atoms with Gasteiger partial charge < -0.3 is 20.5 Å². The van der Waals surface area contributed by atoms with Gasteiger partial charge in [0.15, 0.2) is 0 Å². The third-order valence-electron chi connectivity index (χ3n) is 6.07. The predicted octanol–water partition coefficient (Wildman–Crippen LogP) is 4.79. The summed E-state index contributed by atoms with van der Waals surface area (Å²) < 4.78 is 45.5. The smallest absolute Gasteiger partial charge is 0.417 e. The summed E-state index contributed by atoms with van der Waals surface area (Å²) in [4.78, 5) is 1.81. The highest BCUT2D eigenvalue weighted by atomic mass is 19.4. The second kappa shape index (κ2) is 9.80. The van der Waals surface area contributed by atoms with E-state index in [-0.39, 0.29) is 6.04 Å². The summed E-state index contributed by atoms with van der Waals surface area (Å²) in [6.07, 6.45) is -2.47. The Bertz CT molecular complexity index is 946. The molecule has 1 unspecified atom stereocenters. The molecule has 1 fully saturated rings. The lowest BCUT2D eigenvalue weighted by atomic mass is 9.88. The summed E-state index contributed by atoms with van der Waals surface area (Å²) in [5.74, 6) is 0.704. The monoisotopic (exact) mass is 447 g/mol. The molecule has 3 rings (SSSR count). The molecule has 1 saturated heterocycles. The molecule has 0 spiro atoms. The molecular weight excluding hydrogens is 419 g/mol. The van der Waals surface area contributed by atoms with Crippen LogP contribution in [0.4, 0.5) is 18.9 Å². The third-order valence-corrected chi connectivity index (χ3v) is 6.07. The van der Waals surface area contributed by atoms with Gasteiger partial charge in [0.25, 0.3) is 0 Å². The zero-order valence-electron chi connectivity index (χ0n) is 18.0. The van der Waals surface area contributed by atoms with E-state index in [4.69, 9.17) is 15.7 Å². The first-order valence-electron chi connectivity index (χ1n) is 10.7. The predicted molar refractivity (Wildman–Crippen MR) is 116 cm³/mol. The largest absolute Gasteiger partial charge is 0.493 e. The summed E-state index contributed by atoms with van der Waals surface area (Å²) in [6, 6.07) is 12.9. The molecule has 0 bridgehead atoms. The van der Waals surface area contributed by atoms with Crippen LogP contribution in [0.15, 0.2) is 42.5 Å². The Morgan fingerprint density at radius 3 is 2.41 bits per heavy atom. The topological polar surface area (TPSA) is 82.5 Å². The van der Waals surface area contributed by atoms with E-state index in [1.807, 2.05) is 31.2 Å². The van der Waals surface area contributed by atoms with Crippen LogP contribution in [0.3, 0.4) is 0 Å². The number of anilines is 1. The molecular formula is C24H28F3N3O2. The third kappa shape index (κ3) is 5.72. The van der Waals surface area contributed by atoms with Crippen LogP contribution in [0.2, 0.25) is 0 Å². The molecule has 0 amide bonds. The molecule has 32 heavy (non-hydrogen) atoms. The van der Waals surface area contributed by atoms with Crippen molar-refractivity contribution in [3.63, 3.8) is 0 Å². The summed E-state index contributed by atoms with van der Waals surface area (Å²) >= 11 is 0. The molecule has 2 aromatic carbocycles. The van der Waals surface area contributed by atoms with Crippen LogP contribution < -0.4 is 15.4 Å². The molecule has 0 aliphatic carbocycles. The minimum atomic E-state index is -4.59. The van der Waals surface area contributed by atoms with Gasteiger partial charge in [-0.05, 0) is 55.2 Å². The van der Waals surface area contributed by atoms with Crippen molar-refractivity contribution in [3.8, 4) is 11.8 Å². The van der Waals surface area contributed by atoms with E-state index in [1.54, 1.807) is 11.0 Å². The van der Waals surface area contributed by atoms with Crippen molar-refractivity contribution in [2.75, 3.05) is 24.6 Å². The fraction of sp³-hybridized carbons (Fsp3) is 0.458. The van der Waals surface area contributed by atoms with E-state index in [0.717, 1.165) is 18.1 Å². The van der Waals surface area contributed by atoms with Crippen LogP contribution in [-0.2, 0) is 6.18 Å². The fourth-order valence-corrected chi connectivity index (χ4v) is 3.90. The number of halogens is 3. The lowest BCUT2D eigenvalue weighted by Crippen LogP contribution is -2.45. The van der Waals surface area contributed by atoms with Gasteiger partial charge >= 0.3 is 6.18 Å². The first-order valence-corrected chi connectivity index (χ1v) is 10.7. The minimum Gasteiger partial charge on any atom is -0.493 e. The van der Waals surface area contributed by atoms with Crippen molar-refractivity contribution in [1.82, 2.24) is 0 Å². The number of piperidine rings is 1. The van der Waals surface area contributed by atoms with E-state index >= 15 is 0 Å². The Balaban J connectivity index is 1.54. The Labute approximate surface area is 186 Å². The number of nitrogens with two attached hydrogens (primary N) is 1. The number of aliphatic hydroxyl groups is 1. The standard InChI is InChI=1S/C24H28F3N3O2/c1-2-22(29)17-4-7-20(8-5-17)32-14-11-23(31)9-12-30(13-10-23)19-6-3-18(16-28)21(15-19)24(25,26)27/h3-8,15,22,31H,2,9-14,29H2,1H3. The van der Waals surface area contributed by atoms with E-state index in [1.165, 1.54) is 12.1 Å². The molecule has 1 aliphatic rings. The Morgan fingerprint density at radius 2 is 1.84 bits per heavy atom. The maximum atomic E-state index is 13.2. The number of rotatable bonds is 7. The highest BCUT2D eigenvalue weighted by molar-refractivity contribution is 5.55. The number of nitriles is 1. The van der Waals surface area contributed by atoms with Crippen LogP contribution in [0.5, 0.6) is 5.75 Å². The molecule has 1 heterocycles. The summed E-state index contributed by atoms with van der Waals surface area (Å²) in [7, 11) is 0. The van der Waals surface area contributed by atoms with E-state index < -0.39 is 22.9 Å². The SMILES string of the molecule is CCC(N)c1ccc(OCCC2(O)CCN(c3ccc(C#N)c(C(F)(F)F)c3)CC2)cc1. The number of ether oxygens (including phenoxy) is 1. The average molecular weight is 448 g/mol. The molecule has 1 atom stereocenters. The van der Waals surface area contributed by atoms with Gasteiger partial charge in [0.05, 0.1) is 29.4 Å². The lowest BCUT2D eigenvalue weighted by Gasteiger charge is -2.39. The summed E-state index contributed by atoms with van der Waals surface area (Å²) in [6.45, 7) is 3.20. The average Bonchev–Trinajstić information content (AvgIpc) is 2.78. The van der Waals surface area contributed by atoms with E-state index in [9.17, 15) is 18.3 Å². The number of nitrogens with zero attached hydrogens (tertiary/aromatic N) is 2. The number of hydrogen-bond acceptors (Lipinski definition) is 5. The first-order chi connectivity index (χ1) is 15.1. The zero-order chi connectivity index (χ0) is 23.4. The molecule has 8 heteroatoms. The molecule has 5 nitrogen and oxygen atoms in total. The van der Waals surface area contributed by atoms with Crippen LogP contribution >= 0.6 is 0 Å². The van der Waals surface area contributed by atoms with Gasteiger partial charge in [-0.3, -0.25) is 0 Å². The molecule has 0 aromatic heterocycles. The summed E-state index contributed by atoms with van der Waals surface area (Å²) in [5, 5.41) is 19.8. The zero-order valence-corrected chi connectivity index (χ0v) is 18.0. The van der Waals surface area contributed by atoms with Gasteiger partial charge in [0.1, 0.15) is 5.75 Å². The van der Waals surface area contributed by atoms with Crippen LogP contribution in [0.1, 0.15) is 55.3 Å². The van der Waals surface area contributed by atoms with Crippen LogP contribution in [-0.4, -0.2) is 30.4 Å². The molecule has 172 valence electrons. The van der Waals surface area contributed by atoms with Gasteiger partial charge in [-0.2, -0.15) is 18.4 Å². The van der Waals surface area contributed by atoms with Crippen molar-refractivity contribution >= 4 is 5.69 Å². The second-order valence-corrected chi connectivity index (χ2v) is 8.23. The molecule has 0 radical (unpaired) electrons. The maximum Gasteiger partial charge on any atom is 0.417 e. The lowest BCUT2D eigenvalue weighted by molar-refractivity contribution is -0.137. The Kier molecular flexibility index (Phi) is 7.32. The minimum absolute atomic E-state index is 0.00161. The molecule has 1 aliphatic heterocycles. The van der Waals surface area contributed by atoms with Crippen LogP contribution in [0, 0.1) is 11.3 Å². The van der Waals surface area contributed by atoms with Gasteiger partial charge in [0, 0.05) is 31.2 Å².